The minimum Gasteiger partial charge on any atom is -0.490 e. The minimum absolute atomic E-state index is 0.0416. The SMILES string of the molecule is O=C(c1ccc(-c2ccc(OCC3CCN(CC4(C(F)(F)F)CCC4)CC3)c(F)c2)cc1)N1CCCCC1. The number of nitrogens with zero attached hydrogens (tertiary/aromatic N) is 2. The Balaban J connectivity index is 1.11. The van der Waals surface area contributed by atoms with Crippen molar-refractivity contribution in [3.05, 3.63) is 53.8 Å². The van der Waals surface area contributed by atoms with Crippen molar-refractivity contribution in [2.45, 2.75) is 57.5 Å². The van der Waals surface area contributed by atoms with E-state index in [4.69, 9.17) is 4.74 Å². The van der Waals surface area contributed by atoms with Crippen LogP contribution in [0.25, 0.3) is 11.1 Å². The van der Waals surface area contributed by atoms with Gasteiger partial charge >= 0.3 is 6.18 Å². The Labute approximate surface area is 221 Å². The number of alkyl halides is 3. The highest BCUT2D eigenvalue weighted by Crippen LogP contribution is 2.53. The number of rotatable bonds is 7. The van der Waals surface area contributed by atoms with Gasteiger partial charge in [0.15, 0.2) is 11.6 Å². The molecule has 3 aliphatic rings. The predicted molar refractivity (Wildman–Crippen MR) is 139 cm³/mol. The lowest BCUT2D eigenvalue weighted by atomic mass is 9.67. The van der Waals surface area contributed by atoms with E-state index in [2.05, 4.69) is 0 Å². The van der Waals surface area contributed by atoms with Crippen molar-refractivity contribution in [2.24, 2.45) is 11.3 Å². The van der Waals surface area contributed by atoms with Gasteiger partial charge in [-0.1, -0.05) is 24.6 Å². The normalized spacial score (nSPS) is 20.7. The highest BCUT2D eigenvalue weighted by atomic mass is 19.4. The van der Waals surface area contributed by atoms with E-state index in [0.717, 1.165) is 44.3 Å². The predicted octanol–water partition coefficient (Wildman–Crippen LogP) is 6.94. The first-order valence-electron chi connectivity index (χ1n) is 13.9. The van der Waals surface area contributed by atoms with Crippen LogP contribution in [0.15, 0.2) is 42.5 Å². The Morgan fingerprint density at radius 3 is 2.13 bits per heavy atom. The zero-order valence-corrected chi connectivity index (χ0v) is 21.7. The van der Waals surface area contributed by atoms with E-state index >= 15 is 0 Å². The molecule has 206 valence electrons. The lowest BCUT2D eigenvalue weighted by Crippen LogP contribution is -2.53. The fourth-order valence-corrected chi connectivity index (χ4v) is 5.96. The maximum atomic E-state index is 14.8. The summed E-state index contributed by atoms with van der Waals surface area (Å²) in [7, 11) is 0. The molecule has 3 fully saturated rings. The van der Waals surface area contributed by atoms with E-state index in [9.17, 15) is 22.4 Å². The van der Waals surface area contributed by atoms with Crippen molar-refractivity contribution in [1.82, 2.24) is 9.80 Å². The van der Waals surface area contributed by atoms with Crippen LogP contribution in [0.1, 0.15) is 61.7 Å². The van der Waals surface area contributed by atoms with Crippen molar-refractivity contribution in [2.75, 3.05) is 39.3 Å². The van der Waals surface area contributed by atoms with Gasteiger partial charge in [-0.25, -0.2) is 4.39 Å². The summed E-state index contributed by atoms with van der Waals surface area (Å²) in [5, 5.41) is 0. The molecule has 0 N–H and O–H groups in total. The molecule has 1 aliphatic carbocycles. The van der Waals surface area contributed by atoms with E-state index < -0.39 is 17.4 Å². The highest BCUT2D eigenvalue weighted by molar-refractivity contribution is 5.94. The Hall–Kier alpha value is -2.61. The fraction of sp³-hybridized carbons (Fsp3) is 0.567. The monoisotopic (exact) mass is 532 g/mol. The Kier molecular flexibility index (Phi) is 7.98. The number of carbonyl (C=O) groups is 1. The number of piperidine rings is 2. The van der Waals surface area contributed by atoms with Crippen molar-refractivity contribution in [3.63, 3.8) is 0 Å². The summed E-state index contributed by atoms with van der Waals surface area (Å²) < 4.78 is 61.1. The number of hydrogen-bond donors (Lipinski definition) is 0. The van der Waals surface area contributed by atoms with E-state index in [1.54, 1.807) is 24.3 Å². The molecular weight excluding hydrogens is 496 g/mol. The second-order valence-corrected chi connectivity index (χ2v) is 11.2. The molecule has 4 nitrogen and oxygen atoms in total. The van der Waals surface area contributed by atoms with E-state index in [0.29, 0.717) is 37.2 Å². The first kappa shape index (κ1) is 27.0. The van der Waals surface area contributed by atoms with Crippen molar-refractivity contribution in [3.8, 4) is 16.9 Å². The largest absolute Gasteiger partial charge is 0.490 e. The molecule has 1 saturated carbocycles. The second-order valence-electron chi connectivity index (χ2n) is 11.2. The first-order valence-corrected chi connectivity index (χ1v) is 13.9. The standard InChI is InChI=1S/C30H36F4N2O2/c31-26-19-25(23-5-7-24(8-6-23)28(37)36-15-2-1-3-16-36)9-10-27(26)38-20-22-11-17-35(18-12-22)21-29(13-4-14-29)30(32,33)34/h5-10,19,22H,1-4,11-18,20-21H2. The van der Waals surface area contributed by atoms with Gasteiger partial charge in [-0.05, 0) is 99.3 Å². The van der Waals surface area contributed by atoms with Crippen LogP contribution in [0.3, 0.4) is 0 Å². The fourth-order valence-electron chi connectivity index (χ4n) is 5.96. The van der Waals surface area contributed by atoms with E-state index in [1.165, 1.54) is 12.5 Å². The summed E-state index contributed by atoms with van der Waals surface area (Å²) in [6.45, 7) is 3.26. The van der Waals surface area contributed by atoms with Crippen molar-refractivity contribution < 1.29 is 27.1 Å². The van der Waals surface area contributed by atoms with Crippen LogP contribution < -0.4 is 4.74 Å². The summed E-state index contributed by atoms with van der Waals surface area (Å²) in [6.07, 6.45) is 1.72. The molecule has 2 heterocycles. The molecule has 0 unspecified atom stereocenters. The lowest BCUT2D eigenvalue weighted by molar-refractivity contribution is -0.256. The number of carbonyl (C=O) groups excluding carboxylic acids is 1. The maximum absolute atomic E-state index is 14.8. The number of amides is 1. The van der Waals surface area contributed by atoms with E-state index in [-0.39, 0.29) is 37.0 Å². The van der Waals surface area contributed by atoms with Crippen LogP contribution in [0.2, 0.25) is 0 Å². The Bertz CT molecular complexity index is 1100. The average molecular weight is 533 g/mol. The summed E-state index contributed by atoms with van der Waals surface area (Å²) >= 11 is 0. The Morgan fingerprint density at radius 2 is 1.55 bits per heavy atom. The van der Waals surface area contributed by atoms with Gasteiger partial charge in [-0.15, -0.1) is 0 Å². The average Bonchev–Trinajstić information content (AvgIpc) is 2.90. The minimum atomic E-state index is -4.14. The first-order chi connectivity index (χ1) is 18.2. The molecule has 0 aromatic heterocycles. The number of ether oxygens (including phenoxy) is 1. The van der Waals surface area contributed by atoms with Crippen LogP contribution in [0.5, 0.6) is 5.75 Å². The zero-order chi connectivity index (χ0) is 26.8. The third-order valence-electron chi connectivity index (χ3n) is 8.66. The van der Waals surface area contributed by atoms with E-state index in [1.807, 2.05) is 21.9 Å². The van der Waals surface area contributed by atoms with Gasteiger partial charge < -0.3 is 14.5 Å². The van der Waals surface area contributed by atoms with Gasteiger partial charge in [0.2, 0.25) is 0 Å². The smallest absolute Gasteiger partial charge is 0.395 e. The third kappa shape index (κ3) is 5.85. The molecule has 2 aliphatic heterocycles. The number of halogens is 4. The van der Waals surface area contributed by atoms with Crippen LogP contribution in [0, 0.1) is 17.2 Å². The molecule has 0 radical (unpaired) electrons. The molecule has 0 atom stereocenters. The van der Waals surface area contributed by atoms with Crippen LogP contribution in [0.4, 0.5) is 17.6 Å². The quantitative estimate of drug-likeness (QED) is 0.362. The van der Waals surface area contributed by atoms with Crippen LogP contribution in [-0.2, 0) is 0 Å². The molecule has 0 spiro atoms. The third-order valence-corrected chi connectivity index (χ3v) is 8.66. The van der Waals surface area contributed by atoms with Gasteiger partial charge in [0, 0.05) is 25.2 Å². The van der Waals surface area contributed by atoms with Crippen LogP contribution in [-0.4, -0.2) is 61.2 Å². The van der Waals surface area contributed by atoms with Gasteiger partial charge in [-0.3, -0.25) is 4.79 Å². The van der Waals surface area contributed by atoms with Gasteiger partial charge in [0.05, 0.1) is 12.0 Å². The van der Waals surface area contributed by atoms with Crippen molar-refractivity contribution >= 4 is 5.91 Å². The van der Waals surface area contributed by atoms with Gasteiger partial charge in [0.1, 0.15) is 0 Å². The summed E-state index contributed by atoms with van der Waals surface area (Å²) in [5.74, 6) is -0.0393. The summed E-state index contributed by atoms with van der Waals surface area (Å²) in [4.78, 5) is 16.5. The molecule has 8 heteroatoms. The highest BCUT2D eigenvalue weighted by Gasteiger charge is 2.58. The molecule has 5 rings (SSSR count). The summed E-state index contributed by atoms with van der Waals surface area (Å²) in [6, 6.07) is 12.1. The number of benzene rings is 2. The maximum Gasteiger partial charge on any atom is 0.395 e. The molecule has 2 aromatic carbocycles. The molecule has 2 aromatic rings. The topological polar surface area (TPSA) is 32.8 Å². The van der Waals surface area contributed by atoms with Crippen LogP contribution >= 0.6 is 0 Å². The molecule has 2 saturated heterocycles. The molecule has 1 amide bonds. The molecule has 38 heavy (non-hydrogen) atoms. The van der Waals surface area contributed by atoms with Crippen molar-refractivity contribution in [1.29, 1.82) is 0 Å². The van der Waals surface area contributed by atoms with Gasteiger partial charge in [0.25, 0.3) is 5.91 Å². The Morgan fingerprint density at radius 1 is 0.895 bits per heavy atom. The number of hydrogen-bond acceptors (Lipinski definition) is 3. The lowest BCUT2D eigenvalue weighted by Gasteiger charge is -2.47. The molecular formula is C30H36F4N2O2. The van der Waals surface area contributed by atoms with Gasteiger partial charge in [-0.2, -0.15) is 13.2 Å². The number of likely N-dealkylation sites (tertiary alicyclic amines) is 2. The second kappa shape index (κ2) is 11.2. The molecule has 0 bridgehead atoms. The zero-order valence-electron chi connectivity index (χ0n) is 21.7. The summed E-state index contributed by atoms with van der Waals surface area (Å²) in [5.41, 5.74) is 0.642.